The Morgan fingerprint density at radius 2 is 2.39 bits per heavy atom. The van der Waals surface area contributed by atoms with Crippen molar-refractivity contribution in [2.75, 3.05) is 13.1 Å². The summed E-state index contributed by atoms with van der Waals surface area (Å²) in [5.74, 6) is -0.846. The Kier molecular flexibility index (Phi) is 4.72. The number of halogens is 2. The van der Waals surface area contributed by atoms with Gasteiger partial charge in [0, 0.05) is 17.1 Å². The molecular formula is C13H16BrFN2O. The molecule has 2 rings (SSSR count). The zero-order chi connectivity index (χ0) is 13.0. The van der Waals surface area contributed by atoms with Crippen LogP contribution in [0.5, 0.6) is 0 Å². The van der Waals surface area contributed by atoms with E-state index in [1.165, 1.54) is 18.6 Å². The number of carbonyl (C=O) groups is 1. The number of hydrogen-bond donors (Lipinski definition) is 2. The van der Waals surface area contributed by atoms with E-state index in [0.717, 1.165) is 19.4 Å². The van der Waals surface area contributed by atoms with Gasteiger partial charge in [-0.05, 0) is 44.0 Å². The molecule has 5 heteroatoms. The summed E-state index contributed by atoms with van der Waals surface area (Å²) in [5, 5.41) is 6.11. The largest absolute Gasteiger partial charge is 0.352 e. The van der Waals surface area contributed by atoms with E-state index in [4.69, 9.17) is 0 Å². The Morgan fingerprint density at radius 3 is 3.11 bits per heavy atom. The second-order valence-electron chi connectivity index (χ2n) is 4.46. The van der Waals surface area contributed by atoms with E-state index in [1.54, 1.807) is 6.07 Å². The van der Waals surface area contributed by atoms with Crippen molar-refractivity contribution in [1.82, 2.24) is 10.6 Å². The van der Waals surface area contributed by atoms with Crippen LogP contribution < -0.4 is 10.6 Å². The SMILES string of the molecule is O=C(NCC[C@@H]1CCCN1)c1cc(Br)ccc1F. The maximum absolute atomic E-state index is 13.5. The summed E-state index contributed by atoms with van der Waals surface area (Å²) in [5.41, 5.74) is 0.0868. The van der Waals surface area contributed by atoms with Gasteiger partial charge in [-0.3, -0.25) is 4.79 Å². The lowest BCUT2D eigenvalue weighted by Crippen LogP contribution is -2.31. The van der Waals surface area contributed by atoms with Crippen LogP contribution in [0, 0.1) is 5.82 Å². The molecule has 0 radical (unpaired) electrons. The number of carbonyl (C=O) groups excluding carboxylic acids is 1. The smallest absolute Gasteiger partial charge is 0.254 e. The summed E-state index contributed by atoms with van der Waals surface area (Å²) in [6.45, 7) is 1.63. The van der Waals surface area contributed by atoms with Gasteiger partial charge in [0.15, 0.2) is 0 Å². The van der Waals surface area contributed by atoms with Crippen molar-refractivity contribution < 1.29 is 9.18 Å². The highest BCUT2D eigenvalue weighted by Gasteiger charge is 2.15. The molecular weight excluding hydrogens is 299 g/mol. The molecule has 0 unspecified atom stereocenters. The van der Waals surface area contributed by atoms with Crippen molar-refractivity contribution in [1.29, 1.82) is 0 Å². The summed E-state index contributed by atoms with van der Waals surface area (Å²) >= 11 is 3.23. The van der Waals surface area contributed by atoms with E-state index in [1.807, 2.05) is 0 Å². The van der Waals surface area contributed by atoms with Crippen LogP contribution in [0.3, 0.4) is 0 Å². The average molecular weight is 315 g/mol. The van der Waals surface area contributed by atoms with Crippen LogP contribution in [0.15, 0.2) is 22.7 Å². The number of nitrogens with one attached hydrogen (secondary N) is 2. The standard InChI is InChI=1S/C13H16BrFN2O/c14-9-3-4-12(15)11(8-9)13(18)17-7-5-10-2-1-6-16-10/h3-4,8,10,16H,1-2,5-7H2,(H,17,18)/t10-/m0/s1. The number of benzene rings is 1. The number of hydrogen-bond acceptors (Lipinski definition) is 2. The molecule has 0 aliphatic carbocycles. The molecule has 0 bridgehead atoms. The molecule has 1 aromatic carbocycles. The lowest BCUT2D eigenvalue weighted by Gasteiger charge is -2.11. The Labute approximate surface area is 114 Å². The lowest BCUT2D eigenvalue weighted by atomic mass is 10.1. The van der Waals surface area contributed by atoms with Gasteiger partial charge in [0.25, 0.3) is 5.91 Å². The molecule has 0 saturated carbocycles. The maximum atomic E-state index is 13.5. The monoisotopic (exact) mass is 314 g/mol. The van der Waals surface area contributed by atoms with E-state index in [-0.39, 0.29) is 11.5 Å². The molecule has 1 atom stereocenters. The number of rotatable bonds is 4. The zero-order valence-electron chi connectivity index (χ0n) is 10.0. The molecule has 1 aliphatic rings. The van der Waals surface area contributed by atoms with Crippen molar-refractivity contribution >= 4 is 21.8 Å². The van der Waals surface area contributed by atoms with Gasteiger partial charge in [0.1, 0.15) is 5.82 Å². The first-order chi connectivity index (χ1) is 8.66. The predicted molar refractivity (Wildman–Crippen MR) is 72.1 cm³/mol. The van der Waals surface area contributed by atoms with Crippen LogP contribution in [0.2, 0.25) is 0 Å². The van der Waals surface area contributed by atoms with Crippen molar-refractivity contribution in [2.24, 2.45) is 0 Å². The minimum atomic E-state index is -0.491. The minimum absolute atomic E-state index is 0.0868. The van der Waals surface area contributed by atoms with Crippen LogP contribution in [-0.4, -0.2) is 25.0 Å². The fourth-order valence-electron chi connectivity index (χ4n) is 2.13. The van der Waals surface area contributed by atoms with Crippen LogP contribution in [0.25, 0.3) is 0 Å². The Balaban J connectivity index is 1.85. The van der Waals surface area contributed by atoms with Gasteiger partial charge in [-0.15, -0.1) is 0 Å². The highest BCUT2D eigenvalue weighted by Crippen LogP contribution is 2.15. The van der Waals surface area contributed by atoms with Gasteiger partial charge in [0.05, 0.1) is 5.56 Å². The molecule has 18 heavy (non-hydrogen) atoms. The van der Waals surface area contributed by atoms with Gasteiger partial charge < -0.3 is 10.6 Å². The minimum Gasteiger partial charge on any atom is -0.352 e. The second-order valence-corrected chi connectivity index (χ2v) is 5.38. The predicted octanol–water partition coefficient (Wildman–Crippen LogP) is 2.46. The molecule has 3 nitrogen and oxygen atoms in total. The Hall–Kier alpha value is -0.940. The third-order valence-electron chi connectivity index (χ3n) is 3.11. The van der Waals surface area contributed by atoms with E-state index in [0.29, 0.717) is 17.1 Å². The van der Waals surface area contributed by atoms with E-state index >= 15 is 0 Å². The number of amides is 1. The molecule has 0 spiro atoms. The average Bonchev–Trinajstić information content (AvgIpc) is 2.85. The topological polar surface area (TPSA) is 41.1 Å². The molecule has 1 aromatic rings. The van der Waals surface area contributed by atoms with Crippen molar-refractivity contribution in [2.45, 2.75) is 25.3 Å². The summed E-state index contributed by atoms with van der Waals surface area (Å²) < 4.78 is 14.2. The van der Waals surface area contributed by atoms with E-state index in [9.17, 15) is 9.18 Å². The second kappa shape index (κ2) is 6.29. The molecule has 2 N–H and O–H groups in total. The van der Waals surface area contributed by atoms with Crippen LogP contribution in [-0.2, 0) is 0 Å². The maximum Gasteiger partial charge on any atom is 0.254 e. The van der Waals surface area contributed by atoms with Gasteiger partial charge in [0.2, 0.25) is 0 Å². The van der Waals surface area contributed by atoms with Crippen molar-refractivity contribution in [3.05, 3.63) is 34.1 Å². The quantitative estimate of drug-likeness (QED) is 0.896. The highest BCUT2D eigenvalue weighted by atomic mass is 79.9. The summed E-state index contributed by atoms with van der Waals surface area (Å²) in [6.07, 6.45) is 3.24. The first-order valence-corrected chi connectivity index (χ1v) is 6.93. The first kappa shape index (κ1) is 13.5. The van der Waals surface area contributed by atoms with Gasteiger partial charge in [-0.25, -0.2) is 4.39 Å². The zero-order valence-corrected chi connectivity index (χ0v) is 11.6. The lowest BCUT2D eigenvalue weighted by molar-refractivity contribution is 0.0948. The van der Waals surface area contributed by atoms with E-state index in [2.05, 4.69) is 26.6 Å². The molecule has 1 aliphatic heterocycles. The molecule has 1 amide bonds. The van der Waals surface area contributed by atoms with Crippen molar-refractivity contribution in [3.8, 4) is 0 Å². The molecule has 0 aromatic heterocycles. The molecule has 98 valence electrons. The van der Waals surface area contributed by atoms with E-state index < -0.39 is 5.82 Å². The summed E-state index contributed by atoms with van der Waals surface area (Å²) in [4.78, 5) is 11.8. The van der Waals surface area contributed by atoms with Crippen LogP contribution in [0.4, 0.5) is 4.39 Å². The molecule has 1 saturated heterocycles. The van der Waals surface area contributed by atoms with Crippen LogP contribution in [0.1, 0.15) is 29.6 Å². The van der Waals surface area contributed by atoms with Crippen molar-refractivity contribution in [3.63, 3.8) is 0 Å². The van der Waals surface area contributed by atoms with Gasteiger partial charge in [-0.1, -0.05) is 15.9 Å². The fourth-order valence-corrected chi connectivity index (χ4v) is 2.49. The van der Waals surface area contributed by atoms with Gasteiger partial charge in [-0.2, -0.15) is 0 Å². The fraction of sp³-hybridized carbons (Fsp3) is 0.462. The normalized spacial score (nSPS) is 18.9. The third-order valence-corrected chi connectivity index (χ3v) is 3.61. The Morgan fingerprint density at radius 1 is 1.56 bits per heavy atom. The molecule has 1 heterocycles. The van der Waals surface area contributed by atoms with Gasteiger partial charge >= 0.3 is 0 Å². The summed E-state index contributed by atoms with van der Waals surface area (Å²) in [6, 6.07) is 4.85. The Bertz CT molecular complexity index is 433. The first-order valence-electron chi connectivity index (χ1n) is 6.13. The highest BCUT2D eigenvalue weighted by molar-refractivity contribution is 9.10. The third kappa shape index (κ3) is 3.53. The molecule has 1 fully saturated rings. The van der Waals surface area contributed by atoms with Crippen LogP contribution >= 0.6 is 15.9 Å². The summed E-state index contributed by atoms with van der Waals surface area (Å²) in [7, 11) is 0.